The molecule has 2 aromatic rings. The zero-order valence-corrected chi connectivity index (χ0v) is 19.9. The Morgan fingerprint density at radius 2 is 1.43 bits per heavy atom. The third kappa shape index (κ3) is 6.52. The second-order valence-corrected chi connectivity index (χ2v) is 8.55. The Labute approximate surface area is 197 Å². The Morgan fingerprint density at radius 1 is 0.933 bits per heavy atom. The number of carbonyl (C=O) groups is 2. The third-order valence-electron chi connectivity index (χ3n) is 4.78. The lowest BCUT2D eigenvalue weighted by molar-refractivity contribution is -0.140. The zero-order valence-electron chi connectivity index (χ0n) is 16.9. The maximum atomic E-state index is 13.3. The SMILES string of the molecule is CCCCNC(=O)C(C)N(Cc1c(Cl)cccc1Cl)C(=O)Cc1c(Cl)cccc1Cl. The van der Waals surface area contributed by atoms with Crippen LogP contribution in [0.3, 0.4) is 0 Å². The smallest absolute Gasteiger partial charge is 0.242 e. The van der Waals surface area contributed by atoms with Gasteiger partial charge in [0.15, 0.2) is 0 Å². The molecule has 0 aliphatic heterocycles. The zero-order chi connectivity index (χ0) is 22.3. The molecule has 0 spiro atoms. The van der Waals surface area contributed by atoms with Gasteiger partial charge in [-0.25, -0.2) is 0 Å². The fourth-order valence-corrected chi connectivity index (χ4v) is 3.97. The predicted octanol–water partition coefficient (Wildman–Crippen LogP) is 6.18. The van der Waals surface area contributed by atoms with Crippen LogP contribution in [0.1, 0.15) is 37.8 Å². The van der Waals surface area contributed by atoms with E-state index in [0.29, 0.717) is 37.8 Å². The minimum absolute atomic E-state index is 0.0485. The molecule has 30 heavy (non-hydrogen) atoms. The summed E-state index contributed by atoms with van der Waals surface area (Å²) in [6, 6.07) is 9.44. The van der Waals surface area contributed by atoms with Crippen molar-refractivity contribution in [3.8, 4) is 0 Å². The molecule has 2 rings (SSSR count). The highest BCUT2D eigenvalue weighted by molar-refractivity contribution is 6.36. The Hall–Kier alpha value is -1.46. The number of hydrogen-bond acceptors (Lipinski definition) is 2. The highest BCUT2D eigenvalue weighted by Crippen LogP contribution is 2.29. The van der Waals surface area contributed by atoms with Crippen molar-refractivity contribution in [1.29, 1.82) is 0 Å². The second kappa shape index (κ2) is 11.8. The molecule has 0 aliphatic carbocycles. The van der Waals surface area contributed by atoms with E-state index in [0.717, 1.165) is 12.8 Å². The number of amides is 2. The minimum Gasteiger partial charge on any atom is -0.354 e. The van der Waals surface area contributed by atoms with E-state index in [-0.39, 0.29) is 24.8 Å². The number of benzene rings is 2. The largest absolute Gasteiger partial charge is 0.354 e. The van der Waals surface area contributed by atoms with Crippen LogP contribution in [-0.4, -0.2) is 29.3 Å². The molecule has 1 N–H and O–H groups in total. The van der Waals surface area contributed by atoms with E-state index in [4.69, 9.17) is 46.4 Å². The minimum atomic E-state index is -0.733. The standard InChI is InChI=1S/C22H24Cl4N2O2/c1-3-4-11-27-22(30)14(2)28(13-16-19(25)9-6-10-20(16)26)21(29)12-15-17(23)7-5-8-18(15)24/h5-10,14H,3-4,11-13H2,1-2H3,(H,27,30). The van der Waals surface area contributed by atoms with Gasteiger partial charge in [0.1, 0.15) is 6.04 Å². The van der Waals surface area contributed by atoms with Crippen molar-refractivity contribution >= 4 is 58.2 Å². The van der Waals surface area contributed by atoms with Gasteiger partial charge in [-0.3, -0.25) is 9.59 Å². The number of nitrogens with one attached hydrogen (secondary N) is 1. The number of halogens is 4. The van der Waals surface area contributed by atoms with Crippen molar-refractivity contribution in [2.75, 3.05) is 6.54 Å². The van der Waals surface area contributed by atoms with Gasteiger partial charge >= 0.3 is 0 Å². The Balaban J connectivity index is 2.32. The molecule has 0 radical (unpaired) electrons. The molecule has 1 unspecified atom stereocenters. The quantitative estimate of drug-likeness (QED) is 0.427. The normalized spacial score (nSPS) is 11.8. The molecule has 8 heteroatoms. The average Bonchev–Trinajstić information content (AvgIpc) is 2.70. The highest BCUT2D eigenvalue weighted by Gasteiger charge is 2.28. The van der Waals surface area contributed by atoms with Crippen molar-refractivity contribution in [1.82, 2.24) is 10.2 Å². The van der Waals surface area contributed by atoms with Crippen LogP contribution >= 0.6 is 46.4 Å². The summed E-state index contributed by atoms with van der Waals surface area (Å²) in [6.45, 7) is 4.35. The van der Waals surface area contributed by atoms with E-state index in [1.54, 1.807) is 43.3 Å². The van der Waals surface area contributed by atoms with E-state index < -0.39 is 6.04 Å². The van der Waals surface area contributed by atoms with E-state index >= 15 is 0 Å². The lowest BCUT2D eigenvalue weighted by Gasteiger charge is -2.29. The molecular weight excluding hydrogens is 466 g/mol. The summed E-state index contributed by atoms with van der Waals surface area (Å²) < 4.78 is 0. The van der Waals surface area contributed by atoms with Crippen LogP contribution < -0.4 is 5.32 Å². The molecule has 0 aromatic heterocycles. The summed E-state index contributed by atoms with van der Waals surface area (Å²) in [5, 5.41) is 4.51. The Morgan fingerprint density at radius 3 is 1.93 bits per heavy atom. The maximum Gasteiger partial charge on any atom is 0.242 e. The van der Waals surface area contributed by atoms with Gasteiger partial charge in [0, 0.05) is 38.7 Å². The Bertz CT molecular complexity index is 864. The summed E-state index contributed by atoms with van der Waals surface area (Å²) in [6.07, 6.45) is 1.77. The molecule has 0 aliphatic rings. The molecule has 2 amide bonds. The van der Waals surface area contributed by atoms with Crippen molar-refractivity contribution in [2.45, 2.75) is 45.7 Å². The van der Waals surface area contributed by atoms with Crippen LogP contribution in [0.2, 0.25) is 20.1 Å². The van der Waals surface area contributed by atoms with Gasteiger partial charge in [-0.2, -0.15) is 0 Å². The van der Waals surface area contributed by atoms with E-state index in [2.05, 4.69) is 5.32 Å². The first-order valence-electron chi connectivity index (χ1n) is 9.69. The number of hydrogen-bond donors (Lipinski definition) is 1. The lowest BCUT2D eigenvalue weighted by atomic mass is 10.1. The van der Waals surface area contributed by atoms with Gasteiger partial charge in [-0.15, -0.1) is 0 Å². The average molecular weight is 490 g/mol. The molecule has 2 aromatic carbocycles. The van der Waals surface area contributed by atoms with E-state index in [1.807, 2.05) is 6.92 Å². The van der Waals surface area contributed by atoms with Crippen molar-refractivity contribution in [2.24, 2.45) is 0 Å². The van der Waals surface area contributed by atoms with E-state index in [1.165, 1.54) is 4.90 Å². The van der Waals surface area contributed by atoms with Crippen LogP contribution in [-0.2, 0) is 22.6 Å². The van der Waals surface area contributed by atoms with Crippen LogP contribution in [0.25, 0.3) is 0 Å². The molecule has 0 saturated carbocycles. The van der Waals surface area contributed by atoms with Crippen molar-refractivity contribution in [3.63, 3.8) is 0 Å². The maximum absolute atomic E-state index is 13.3. The van der Waals surface area contributed by atoms with Crippen LogP contribution in [0.15, 0.2) is 36.4 Å². The predicted molar refractivity (Wildman–Crippen MR) is 125 cm³/mol. The van der Waals surface area contributed by atoms with Crippen LogP contribution in [0.4, 0.5) is 0 Å². The second-order valence-electron chi connectivity index (χ2n) is 6.92. The van der Waals surface area contributed by atoms with Gasteiger partial charge in [0.05, 0.1) is 6.42 Å². The topological polar surface area (TPSA) is 49.4 Å². The Kier molecular flexibility index (Phi) is 9.76. The van der Waals surface area contributed by atoms with Gasteiger partial charge in [-0.05, 0) is 43.2 Å². The summed E-state index contributed by atoms with van der Waals surface area (Å²) in [5.74, 6) is -0.552. The fraction of sp³-hybridized carbons (Fsp3) is 0.364. The van der Waals surface area contributed by atoms with Crippen molar-refractivity contribution in [3.05, 3.63) is 67.6 Å². The molecule has 0 fully saturated rings. The molecule has 4 nitrogen and oxygen atoms in total. The molecule has 1 atom stereocenters. The van der Waals surface area contributed by atoms with Crippen LogP contribution in [0.5, 0.6) is 0 Å². The molecule has 0 heterocycles. The van der Waals surface area contributed by atoms with Crippen LogP contribution in [0, 0.1) is 0 Å². The van der Waals surface area contributed by atoms with Gasteiger partial charge < -0.3 is 10.2 Å². The van der Waals surface area contributed by atoms with Crippen molar-refractivity contribution < 1.29 is 9.59 Å². The van der Waals surface area contributed by atoms with E-state index in [9.17, 15) is 9.59 Å². The number of carbonyl (C=O) groups excluding carboxylic acids is 2. The first-order valence-corrected chi connectivity index (χ1v) is 11.2. The number of unbranched alkanes of at least 4 members (excludes halogenated alkanes) is 1. The summed E-state index contributed by atoms with van der Waals surface area (Å²) in [7, 11) is 0. The van der Waals surface area contributed by atoms with Gasteiger partial charge in [-0.1, -0.05) is 71.9 Å². The first kappa shape index (κ1) is 24.8. The summed E-state index contributed by atoms with van der Waals surface area (Å²) in [5.41, 5.74) is 1.09. The molecule has 0 saturated heterocycles. The molecule has 162 valence electrons. The number of rotatable bonds is 9. The fourth-order valence-electron chi connectivity index (χ4n) is 2.93. The summed E-state index contributed by atoms with van der Waals surface area (Å²) >= 11 is 25.1. The lowest BCUT2D eigenvalue weighted by Crippen LogP contribution is -2.48. The highest BCUT2D eigenvalue weighted by atomic mass is 35.5. The monoisotopic (exact) mass is 488 g/mol. The third-order valence-corrected chi connectivity index (χ3v) is 6.19. The molecule has 0 bridgehead atoms. The van der Waals surface area contributed by atoms with Gasteiger partial charge in [0.25, 0.3) is 0 Å². The number of nitrogens with zero attached hydrogens (tertiary/aromatic N) is 1. The molecular formula is C22H24Cl4N2O2. The first-order chi connectivity index (χ1) is 14.3. The van der Waals surface area contributed by atoms with Gasteiger partial charge in [0.2, 0.25) is 11.8 Å². The summed E-state index contributed by atoms with van der Waals surface area (Å²) in [4.78, 5) is 27.4.